The van der Waals surface area contributed by atoms with Crippen LogP contribution in [0.4, 0.5) is 0 Å². The van der Waals surface area contributed by atoms with Gasteiger partial charge in [-0.3, -0.25) is 9.59 Å². The van der Waals surface area contributed by atoms with E-state index in [-0.39, 0.29) is 18.4 Å². The Bertz CT molecular complexity index is 157. The molecule has 1 fully saturated rings. The maximum absolute atomic E-state index is 10.1. The Morgan fingerprint density at radius 3 is 3.00 bits per heavy atom. The Morgan fingerprint density at radius 2 is 2.50 bits per heavy atom. The molecule has 0 bridgehead atoms. The van der Waals surface area contributed by atoms with Crippen molar-refractivity contribution in [3.05, 3.63) is 0 Å². The molecule has 1 aliphatic carbocycles. The van der Waals surface area contributed by atoms with Crippen molar-refractivity contribution in [1.82, 2.24) is 5.32 Å². The summed E-state index contributed by atoms with van der Waals surface area (Å²) in [6.45, 7) is 0. The third-order valence-electron chi connectivity index (χ3n) is 1.64. The van der Waals surface area contributed by atoms with Gasteiger partial charge in [-0.2, -0.15) is 0 Å². The van der Waals surface area contributed by atoms with Crippen molar-refractivity contribution in [3.8, 4) is 0 Å². The van der Waals surface area contributed by atoms with Gasteiger partial charge in [-0.1, -0.05) is 0 Å². The zero-order valence-electron chi connectivity index (χ0n) is 5.41. The molecule has 2 unspecified atom stereocenters. The van der Waals surface area contributed by atoms with Gasteiger partial charge in [0, 0.05) is 6.04 Å². The molecule has 1 amide bonds. The van der Waals surface area contributed by atoms with Crippen molar-refractivity contribution in [1.29, 1.82) is 0 Å². The lowest BCUT2D eigenvalue weighted by molar-refractivity contribution is -0.137. The molecule has 0 aliphatic heterocycles. The molecular formula is C6H9NO3. The smallest absolute Gasteiger partial charge is 0.303 e. The standard InChI is InChI=1S/C6H9NO3/c8-3-7-5-1-4(5)2-6(9)10/h3-5H,1-2H2,(H,7,8)(H,9,10). The van der Waals surface area contributed by atoms with Gasteiger partial charge >= 0.3 is 5.97 Å². The summed E-state index contributed by atoms with van der Waals surface area (Å²) < 4.78 is 0. The highest BCUT2D eigenvalue weighted by Crippen LogP contribution is 2.32. The van der Waals surface area contributed by atoms with E-state index in [2.05, 4.69) is 5.32 Å². The lowest BCUT2D eigenvalue weighted by Gasteiger charge is -1.92. The van der Waals surface area contributed by atoms with Crippen molar-refractivity contribution in [2.45, 2.75) is 18.9 Å². The Hall–Kier alpha value is -1.06. The first-order chi connectivity index (χ1) is 4.74. The SMILES string of the molecule is O=CNC1CC1CC(=O)O. The van der Waals surface area contributed by atoms with Crippen LogP contribution in [0, 0.1) is 5.92 Å². The predicted molar refractivity (Wildman–Crippen MR) is 33.3 cm³/mol. The molecule has 10 heavy (non-hydrogen) atoms. The van der Waals surface area contributed by atoms with E-state index < -0.39 is 5.97 Å². The van der Waals surface area contributed by atoms with Gasteiger partial charge in [0.2, 0.25) is 6.41 Å². The highest BCUT2D eigenvalue weighted by molar-refractivity contribution is 5.67. The molecule has 1 saturated carbocycles. The summed E-state index contributed by atoms with van der Waals surface area (Å²) in [5.41, 5.74) is 0. The largest absolute Gasteiger partial charge is 0.481 e. The first kappa shape index (κ1) is 7.05. The second-order valence-electron chi connectivity index (χ2n) is 2.48. The minimum absolute atomic E-state index is 0.119. The van der Waals surface area contributed by atoms with Gasteiger partial charge in [-0.15, -0.1) is 0 Å². The van der Waals surface area contributed by atoms with E-state index >= 15 is 0 Å². The van der Waals surface area contributed by atoms with Gasteiger partial charge in [0.05, 0.1) is 6.42 Å². The molecule has 0 aromatic rings. The minimum Gasteiger partial charge on any atom is -0.481 e. The Labute approximate surface area is 58.2 Å². The van der Waals surface area contributed by atoms with Gasteiger partial charge in [0.15, 0.2) is 0 Å². The van der Waals surface area contributed by atoms with Crippen LogP contribution in [0.15, 0.2) is 0 Å². The molecule has 1 rings (SSSR count). The van der Waals surface area contributed by atoms with Crippen molar-refractivity contribution in [2.75, 3.05) is 0 Å². The summed E-state index contributed by atoms with van der Waals surface area (Å²) in [6.07, 6.45) is 1.60. The van der Waals surface area contributed by atoms with E-state index in [1.165, 1.54) is 0 Å². The number of hydrogen-bond donors (Lipinski definition) is 2. The minimum atomic E-state index is -0.791. The summed E-state index contributed by atoms with van der Waals surface area (Å²) >= 11 is 0. The summed E-state index contributed by atoms with van der Waals surface area (Å²) in [4.78, 5) is 19.9. The number of nitrogens with one attached hydrogen (secondary N) is 1. The maximum atomic E-state index is 10.1. The molecule has 0 aromatic heterocycles. The number of carbonyl (C=O) groups is 2. The number of carbonyl (C=O) groups excluding carboxylic acids is 1. The van der Waals surface area contributed by atoms with Crippen LogP contribution in [0.5, 0.6) is 0 Å². The van der Waals surface area contributed by atoms with E-state index in [0.29, 0.717) is 6.41 Å². The quantitative estimate of drug-likeness (QED) is 0.526. The molecule has 0 saturated heterocycles. The summed E-state index contributed by atoms with van der Waals surface area (Å²) in [5.74, 6) is -0.622. The van der Waals surface area contributed by atoms with Gasteiger partial charge in [-0.05, 0) is 12.3 Å². The second-order valence-corrected chi connectivity index (χ2v) is 2.48. The lowest BCUT2D eigenvalue weighted by Crippen LogP contribution is -2.16. The third kappa shape index (κ3) is 1.72. The van der Waals surface area contributed by atoms with Gasteiger partial charge in [-0.25, -0.2) is 0 Å². The van der Waals surface area contributed by atoms with Crippen LogP contribution in [0.25, 0.3) is 0 Å². The van der Waals surface area contributed by atoms with Gasteiger partial charge in [0.1, 0.15) is 0 Å². The van der Waals surface area contributed by atoms with Crippen molar-refractivity contribution < 1.29 is 14.7 Å². The third-order valence-corrected chi connectivity index (χ3v) is 1.64. The summed E-state index contributed by atoms with van der Waals surface area (Å²) in [6, 6.07) is 0.119. The molecule has 1 aliphatic rings. The topological polar surface area (TPSA) is 66.4 Å². The molecule has 0 aromatic carbocycles. The molecule has 0 heterocycles. The van der Waals surface area contributed by atoms with Gasteiger partial charge < -0.3 is 10.4 Å². The predicted octanol–water partition coefficient (Wildman–Crippen LogP) is -0.404. The van der Waals surface area contributed by atoms with Crippen LogP contribution in [0.1, 0.15) is 12.8 Å². The van der Waals surface area contributed by atoms with Crippen LogP contribution in [0.2, 0.25) is 0 Å². The second kappa shape index (κ2) is 2.68. The number of amides is 1. The highest BCUT2D eigenvalue weighted by Gasteiger charge is 2.37. The molecule has 0 spiro atoms. The van der Waals surface area contributed by atoms with Crippen LogP contribution in [-0.2, 0) is 9.59 Å². The summed E-state index contributed by atoms with van der Waals surface area (Å²) in [7, 11) is 0. The van der Waals surface area contributed by atoms with Crippen LogP contribution < -0.4 is 5.32 Å². The number of carboxylic acids is 1. The molecule has 2 N–H and O–H groups in total. The summed E-state index contributed by atoms with van der Waals surface area (Å²) in [5, 5.41) is 10.8. The number of carboxylic acid groups (broad SMARTS) is 1. The van der Waals surface area contributed by atoms with E-state index in [9.17, 15) is 9.59 Å². The molecule has 4 heteroatoms. The number of rotatable bonds is 4. The fraction of sp³-hybridized carbons (Fsp3) is 0.667. The lowest BCUT2D eigenvalue weighted by atomic mass is 10.3. The Morgan fingerprint density at radius 1 is 1.80 bits per heavy atom. The normalized spacial score (nSPS) is 29.2. The first-order valence-corrected chi connectivity index (χ1v) is 3.15. The van der Waals surface area contributed by atoms with Crippen molar-refractivity contribution in [3.63, 3.8) is 0 Å². The molecule has 0 radical (unpaired) electrons. The maximum Gasteiger partial charge on any atom is 0.303 e. The zero-order chi connectivity index (χ0) is 7.56. The molecule has 2 atom stereocenters. The first-order valence-electron chi connectivity index (χ1n) is 3.15. The molecule has 56 valence electrons. The average Bonchev–Trinajstić information content (AvgIpc) is 2.47. The molecule has 4 nitrogen and oxygen atoms in total. The fourth-order valence-corrected chi connectivity index (χ4v) is 0.989. The van der Waals surface area contributed by atoms with E-state index in [1.807, 2.05) is 0 Å². The van der Waals surface area contributed by atoms with Gasteiger partial charge in [0.25, 0.3) is 0 Å². The zero-order valence-corrected chi connectivity index (χ0v) is 5.41. The van der Waals surface area contributed by atoms with Crippen LogP contribution in [-0.4, -0.2) is 23.5 Å². The number of hydrogen-bond acceptors (Lipinski definition) is 2. The highest BCUT2D eigenvalue weighted by atomic mass is 16.4. The average molecular weight is 143 g/mol. The van der Waals surface area contributed by atoms with Crippen LogP contribution in [0.3, 0.4) is 0 Å². The van der Waals surface area contributed by atoms with Crippen molar-refractivity contribution in [2.24, 2.45) is 5.92 Å². The fourth-order valence-electron chi connectivity index (χ4n) is 0.989. The van der Waals surface area contributed by atoms with E-state index in [1.54, 1.807) is 0 Å². The Balaban J connectivity index is 2.13. The number of aliphatic carboxylic acids is 1. The van der Waals surface area contributed by atoms with Crippen LogP contribution >= 0.6 is 0 Å². The Kier molecular flexibility index (Phi) is 1.89. The van der Waals surface area contributed by atoms with E-state index in [0.717, 1.165) is 6.42 Å². The van der Waals surface area contributed by atoms with E-state index in [4.69, 9.17) is 5.11 Å². The molecular weight excluding hydrogens is 134 g/mol. The monoisotopic (exact) mass is 143 g/mol. The van der Waals surface area contributed by atoms with Crippen molar-refractivity contribution >= 4 is 12.4 Å².